The van der Waals surface area contributed by atoms with Gasteiger partial charge in [0, 0.05) is 41.1 Å². The number of alkyl halides is 3. The lowest BCUT2D eigenvalue weighted by Gasteiger charge is -2.09. The molecule has 5 aromatic rings. The van der Waals surface area contributed by atoms with Crippen LogP contribution in [0.1, 0.15) is 22.4 Å². The number of hydrogen-bond acceptors (Lipinski definition) is 5. The minimum absolute atomic E-state index is 0.517. The van der Waals surface area contributed by atoms with Crippen molar-refractivity contribution in [3.05, 3.63) is 83.1 Å². The molecule has 4 heterocycles. The second kappa shape index (κ2) is 9.50. The van der Waals surface area contributed by atoms with Gasteiger partial charge in [-0.3, -0.25) is 4.98 Å². The number of aryl methyl sites for hydroxylation is 2. The highest BCUT2D eigenvalue weighted by atomic mass is 32.1. The maximum Gasteiger partial charge on any atom is 0.417 e. The number of hydrogen-bond donors (Lipinski definition) is 2. The molecule has 0 atom stereocenters. The van der Waals surface area contributed by atoms with Crippen LogP contribution >= 0.6 is 11.3 Å². The van der Waals surface area contributed by atoms with E-state index in [-0.39, 0.29) is 0 Å². The summed E-state index contributed by atoms with van der Waals surface area (Å²) in [6, 6.07) is 14.3. The maximum absolute atomic E-state index is 12.7. The molecule has 0 bridgehead atoms. The standard InChI is InChI=1S/C26H22F3N5S/c1-16-13-21-24(33-23(34-25(21)35-16)19-10-12-30-14-19)31-11-2-3-17-4-6-18(7-5-17)22-9-8-20(15-32-22)26(27,28)29/h4-10,12-15,30H,2-3,11H2,1H3,(H,31,33,34). The highest BCUT2D eigenvalue weighted by Crippen LogP contribution is 2.31. The Morgan fingerprint density at radius 3 is 2.51 bits per heavy atom. The van der Waals surface area contributed by atoms with E-state index >= 15 is 0 Å². The Hall–Kier alpha value is -3.72. The summed E-state index contributed by atoms with van der Waals surface area (Å²) < 4.78 is 38.2. The van der Waals surface area contributed by atoms with Gasteiger partial charge in [-0.2, -0.15) is 13.2 Å². The van der Waals surface area contributed by atoms with Gasteiger partial charge in [0.2, 0.25) is 0 Å². The van der Waals surface area contributed by atoms with E-state index in [0.717, 1.165) is 64.4 Å². The van der Waals surface area contributed by atoms with E-state index in [1.165, 1.54) is 10.9 Å². The van der Waals surface area contributed by atoms with Gasteiger partial charge >= 0.3 is 6.18 Å². The van der Waals surface area contributed by atoms with Crippen LogP contribution in [0, 0.1) is 6.92 Å². The molecule has 0 unspecified atom stereocenters. The van der Waals surface area contributed by atoms with E-state index in [0.29, 0.717) is 11.5 Å². The fourth-order valence-electron chi connectivity index (χ4n) is 3.84. The fraction of sp³-hybridized carbons (Fsp3) is 0.192. The lowest BCUT2D eigenvalue weighted by atomic mass is 10.0. The predicted molar refractivity (Wildman–Crippen MR) is 133 cm³/mol. The normalized spacial score (nSPS) is 11.8. The molecule has 0 aliphatic rings. The smallest absolute Gasteiger partial charge is 0.369 e. The van der Waals surface area contributed by atoms with Crippen molar-refractivity contribution in [2.45, 2.75) is 25.9 Å². The summed E-state index contributed by atoms with van der Waals surface area (Å²) in [6.07, 6.45) is 1.98. The quantitative estimate of drug-likeness (QED) is 0.237. The van der Waals surface area contributed by atoms with Crippen LogP contribution in [0.5, 0.6) is 0 Å². The van der Waals surface area contributed by atoms with Gasteiger partial charge in [0.15, 0.2) is 5.82 Å². The number of benzene rings is 1. The zero-order chi connectivity index (χ0) is 24.4. The Morgan fingerprint density at radius 2 is 1.83 bits per heavy atom. The molecule has 4 aromatic heterocycles. The number of anilines is 1. The molecule has 0 saturated carbocycles. The number of halogens is 3. The van der Waals surface area contributed by atoms with Crippen molar-refractivity contribution >= 4 is 27.4 Å². The lowest BCUT2D eigenvalue weighted by Crippen LogP contribution is -2.06. The summed E-state index contributed by atoms with van der Waals surface area (Å²) in [7, 11) is 0. The minimum Gasteiger partial charge on any atom is -0.369 e. The number of fused-ring (bicyclic) bond motifs is 1. The maximum atomic E-state index is 12.7. The summed E-state index contributed by atoms with van der Waals surface area (Å²) in [5, 5.41) is 4.50. The molecule has 0 fully saturated rings. The summed E-state index contributed by atoms with van der Waals surface area (Å²) in [5.74, 6) is 1.52. The predicted octanol–water partition coefficient (Wildman–Crippen LogP) is 7.12. The highest BCUT2D eigenvalue weighted by Gasteiger charge is 2.30. The number of aromatic nitrogens is 4. The molecular formula is C26H22F3N5S. The van der Waals surface area contributed by atoms with Crippen molar-refractivity contribution in [2.75, 3.05) is 11.9 Å². The van der Waals surface area contributed by atoms with Crippen molar-refractivity contribution in [3.8, 4) is 22.6 Å². The molecule has 5 nitrogen and oxygen atoms in total. The molecule has 0 saturated heterocycles. The van der Waals surface area contributed by atoms with Gasteiger partial charge in [-0.1, -0.05) is 24.3 Å². The fourth-order valence-corrected chi connectivity index (χ4v) is 4.72. The third kappa shape index (κ3) is 5.19. The number of pyridine rings is 1. The van der Waals surface area contributed by atoms with Crippen molar-refractivity contribution in [1.29, 1.82) is 0 Å². The van der Waals surface area contributed by atoms with Crippen LogP contribution in [0.4, 0.5) is 19.0 Å². The average molecular weight is 494 g/mol. The molecule has 0 amide bonds. The first-order valence-corrected chi connectivity index (χ1v) is 12.0. The van der Waals surface area contributed by atoms with Crippen LogP contribution in [0.25, 0.3) is 32.9 Å². The van der Waals surface area contributed by atoms with Crippen LogP contribution in [-0.4, -0.2) is 26.5 Å². The van der Waals surface area contributed by atoms with Crippen LogP contribution in [0.3, 0.4) is 0 Å². The molecule has 0 spiro atoms. The SMILES string of the molecule is Cc1cc2c(NCCCc3ccc(-c4ccc(C(F)(F)F)cn4)cc3)nc(-c3cc[nH]c3)nc2s1. The molecule has 0 aliphatic carbocycles. The Labute approximate surface area is 204 Å². The van der Waals surface area contributed by atoms with E-state index in [2.05, 4.69) is 28.3 Å². The zero-order valence-electron chi connectivity index (χ0n) is 18.9. The number of thiophene rings is 1. The van der Waals surface area contributed by atoms with E-state index in [1.807, 2.05) is 42.7 Å². The van der Waals surface area contributed by atoms with Crippen LogP contribution < -0.4 is 5.32 Å². The summed E-state index contributed by atoms with van der Waals surface area (Å²) >= 11 is 1.65. The van der Waals surface area contributed by atoms with Gasteiger partial charge in [0.25, 0.3) is 0 Å². The number of H-pyrrole nitrogens is 1. The first-order chi connectivity index (χ1) is 16.9. The topological polar surface area (TPSA) is 66.5 Å². The number of nitrogens with one attached hydrogen (secondary N) is 2. The first kappa shape index (κ1) is 23.0. The van der Waals surface area contributed by atoms with E-state index < -0.39 is 11.7 Å². The monoisotopic (exact) mass is 493 g/mol. The van der Waals surface area contributed by atoms with Crippen LogP contribution in [-0.2, 0) is 12.6 Å². The Morgan fingerprint density at radius 1 is 1.00 bits per heavy atom. The second-order valence-corrected chi connectivity index (χ2v) is 9.46. The van der Waals surface area contributed by atoms with E-state index in [9.17, 15) is 13.2 Å². The molecule has 0 aliphatic heterocycles. The zero-order valence-corrected chi connectivity index (χ0v) is 19.7. The molecule has 5 rings (SSSR count). The van der Waals surface area contributed by atoms with Crippen molar-refractivity contribution < 1.29 is 13.2 Å². The van der Waals surface area contributed by atoms with Gasteiger partial charge in [0.1, 0.15) is 10.6 Å². The van der Waals surface area contributed by atoms with Gasteiger partial charge in [-0.15, -0.1) is 11.3 Å². The summed E-state index contributed by atoms with van der Waals surface area (Å²) in [6.45, 7) is 2.81. The second-order valence-electron chi connectivity index (χ2n) is 8.23. The van der Waals surface area contributed by atoms with Crippen molar-refractivity contribution in [3.63, 3.8) is 0 Å². The van der Waals surface area contributed by atoms with Crippen LogP contribution in [0.15, 0.2) is 67.1 Å². The van der Waals surface area contributed by atoms with Gasteiger partial charge in [-0.25, -0.2) is 9.97 Å². The molecular weight excluding hydrogens is 471 g/mol. The van der Waals surface area contributed by atoms with Crippen molar-refractivity contribution in [1.82, 2.24) is 19.9 Å². The number of rotatable bonds is 7. The summed E-state index contributed by atoms with van der Waals surface area (Å²) in [5.41, 5.74) is 2.65. The molecule has 1 aromatic carbocycles. The number of nitrogens with zero attached hydrogens (tertiary/aromatic N) is 3. The van der Waals surface area contributed by atoms with Crippen LogP contribution in [0.2, 0.25) is 0 Å². The van der Waals surface area contributed by atoms with E-state index in [4.69, 9.17) is 9.97 Å². The molecule has 35 heavy (non-hydrogen) atoms. The minimum atomic E-state index is -4.38. The third-order valence-electron chi connectivity index (χ3n) is 5.65. The van der Waals surface area contributed by atoms with Gasteiger partial charge in [-0.05, 0) is 49.6 Å². The highest BCUT2D eigenvalue weighted by molar-refractivity contribution is 7.18. The van der Waals surface area contributed by atoms with Gasteiger partial charge < -0.3 is 10.3 Å². The first-order valence-electron chi connectivity index (χ1n) is 11.1. The third-order valence-corrected chi connectivity index (χ3v) is 6.59. The molecule has 2 N–H and O–H groups in total. The largest absolute Gasteiger partial charge is 0.417 e. The van der Waals surface area contributed by atoms with Gasteiger partial charge in [0.05, 0.1) is 16.6 Å². The molecule has 178 valence electrons. The Bertz CT molecular complexity index is 1420. The van der Waals surface area contributed by atoms with Crippen molar-refractivity contribution in [2.24, 2.45) is 0 Å². The Balaban J connectivity index is 1.22. The summed E-state index contributed by atoms with van der Waals surface area (Å²) in [4.78, 5) is 18.6. The number of aromatic amines is 1. The average Bonchev–Trinajstić information content (AvgIpc) is 3.51. The lowest BCUT2D eigenvalue weighted by molar-refractivity contribution is -0.137. The Kier molecular flexibility index (Phi) is 6.25. The molecule has 9 heteroatoms. The molecule has 0 radical (unpaired) electrons. The van der Waals surface area contributed by atoms with E-state index in [1.54, 1.807) is 11.3 Å².